The van der Waals surface area contributed by atoms with Gasteiger partial charge in [0.25, 0.3) is 11.5 Å². The van der Waals surface area contributed by atoms with E-state index in [4.69, 9.17) is 4.74 Å². The Balaban J connectivity index is 1.81. The minimum Gasteiger partial charge on any atom is -0.436 e. The third-order valence-corrected chi connectivity index (χ3v) is 6.12. The zero-order valence-electron chi connectivity index (χ0n) is 23.7. The van der Waals surface area contributed by atoms with Crippen LogP contribution in [0.2, 0.25) is 0 Å². The number of fused-ring (bicyclic) bond motifs is 1. The highest BCUT2D eigenvalue weighted by molar-refractivity contribution is 5.95. The van der Waals surface area contributed by atoms with E-state index < -0.39 is 35.3 Å². The van der Waals surface area contributed by atoms with E-state index in [-0.39, 0.29) is 47.8 Å². The van der Waals surface area contributed by atoms with Gasteiger partial charge >= 0.3 is 6.09 Å². The Labute approximate surface area is 235 Å². The number of carbonyl (C=O) groups is 3. The number of benzene rings is 1. The van der Waals surface area contributed by atoms with Gasteiger partial charge in [-0.3, -0.25) is 14.4 Å². The van der Waals surface area contributed by atoms with Crippen molar-refractivity contribution < 1.29 is 27.9 Å². The molecular formula is C28H34F2N6O5. The molecule has 13 heteroatoms. The Morgan fingerprint density at radius 1 is 1.17 bits per heavy atom. The van der Waals surface area contributed by atoms with Gasteiger partial charge < -0.3 is 29.4 Å². The second-order valence-corrected chi connectivity index (χ2v) is 9.80. The van der Waals surface area contributed by atoms with Crippen molar-refractivity contribution in [3.8, 4) is 0 Å². The van der Waals surface area contributed by atoms with Crippen LogP contribution in [0.3, 0.4) is 0 Å². The number of allylic oxidation sites excluding steroid dienone is 1. The SMILES string of the molecule is CCCc1c(F)cc(F)c2nc(Cn3cccc(NC(=O)[C@H](CC/C=C/C(=O)N(C)C)OC(=O)N(C)C)c3=O)[nH]c12. The number of aromatic nitrogens is 3. The summed E-state index contributed by atoms with van der Waals surface area (Å²) in [5.74, 6) is -2.22. The second-order valence-electron chi connectivity index (χ2n) is 9.80. The van der Waals surface area contributed by atoms with Crippen LogP contribution in [0.4, 0.5) is 19.3 Å². The predicted molar refractivity (Wildman–Crippen MR) is 149 cm³/mol. The molecule has 3 aromatic rings. The maximum Gasteiger partial charge on any atom is 0.410 e. The molecule has 0 aliphatic rings. The number of aromatic amines is 1. The highest BCUT2D eigenvalue weighted by Gasteiger charge is 2.25. The number of imidazole rings is 1. The largest absolute Gasteiger partial charge is 0.436 e. The van der Waals surface area contributed by atoms with Crippen LogP contribution in [0.1, 0.15) is 37.6 Å². The zero-order chi connectivity index (χ0) is 30.3. The quantitative estimate of drug-likeness (QED) is 0.339. The first-order valence-electron chi connectivity index (χ1n) is 13.0. The molecule has 2 aromatic heterocycles. The molecule has 1 aromatic carbocycles. The smallest absolute Gasteiger partial charge is 0.410 e. The maximum absolute atomic E-state index is 14.4. The number of anilines is 1. The van der Waals surface area contributed by atoms with Gasteiger partial charge in [-0.15, -0.1) is 0 Å². The van der Waals surface area contributed by atoms with E-state index in [0.29, 0.717) is 18.4 Å². The number of amides is 3. The molecule has 220 valence electrons. The van der Waals surface area contributed by atoms with Crippen molar-refractivity contribution in [3.63, 3.8) is 0 Å². The lowest BCUT2D eigenvalue weighted by Gasteiger charge is -2.19. The fourth-order valence-electron chi connectivity index (χ4n) is 3.95. The predicted octanol–water partition coefficient (Wildman–Crippen LogP) is 3.43. The highest BCUT2D eigenvalue weighted by Crippen LogP contribution is 2.24. The molecule has 0 fully saturated rings. The molecule has 41 heavy (non-hydrogen) atoms. The molecule has 2 heterocycles. The number of ether oxygens (including phenoxy) is 1. The molecule has 1 atom stereocenters. The molecule has 0 saturated carbocycles. The van der Waals surface area contributed by atoms with Crippen LogP contribution in [0.15, 0.2) is 41.3 Å². The minimum atomic E-state index is -1.25. The van der Waals surface area contributed by atoms with Gasteiger partial charge in [-0.25, -0.2) is 18.6 Å². The molecule has 0 bridgehead atoms. The van der Waals surface area contributed by atoms with Gasteiger partial charge in [0.05, 0.1) is 12.1 Å². The van der Waals surface area contributed by atoms with Gasteiger partial charge in [0.2, 0.25) is 5.91 Å². The Morgan fingerprint density at radius 3 is 2.56 bits per heavy atom. The molecule has 2 N–H and O–H groups in total. The van der Waals surface area contributed by atoms with E-state index in [1.807, 2.05) is 6.92 Å². The molecule has 0 aliphatic carbocycles. The minimum absolute atomic E-state index is 0.0192. The number of aryl methyl sites for hydroxylation is 1. The maximum atomic E-state index is 14.4. The lowest BCUT2D eigenvalue weighted by molar-refractivity contribution is -0.125. The summed E-state index contributed by atoms with van der Waals surface area (Å²) in [6, 6.07) is 3.72. The average Bonchev–Trinajstić information content (AvgIpc) is 3.34. The summed E-state index contributed by atoms with van der Waals surface area (Å²) in [5, 5.41) is 2.51. The van der Waals surface area contributed by atoms with Crippen molar-refractivity contribution in [2.45, 2.75) is 45.3 Å². The van der Waals surface area contributed by atoms with Gasteiger partial charge in [0.1, 0.15) is 22.8 Å². The summed E-state index contributed by atoms with van der Waals surface area (Å²) in [5.41, 5.74) is -0.133. The molecular weight excluding hydrogens is 538 g/mol. The van der Waals surface area contributed by atoms with Crippen LogP contribution in [0.25, 0.3) is 11.0 Å². The number of nitrogens with zero attached hydrogens (tertiary/aromatic N) is 4. The van der Waals surface area contributed by atoms with E-state index >= 15 is 0 Å². The first kappa shape index (κ1) is 31.0. The van der Waals surface area contributed by atoms with Crippen molar-refractivity contribution in [2.75, 3.05) is 33.5 Å². The number of likely N-dealkylation sites (N-methyl/N-ethyl adjacent to an activating group) is 1. The molecule has 3 amide bonds. The van der Waals surface area contributed by atoms with Crippen molar-refractivity contribution in [3.05, 3.63) is 69.9 Å². The van der Waals surface area contributed by atoms with E-state index in [0.717, 1.165) is 11.0 Å². The summed E-state index contributed by atoms with van der Waals surface area (Å²) >= 11 is 0. The van der Waals surface area contributed by atoms with E-state index in [9.17, 15) is 28.0 Å². The number of hydrogen-bond donors (Lipinski definition) is 2. The van der Waals surface area contributed by atoms with Crippen LogP contribution in [-0.2, 0) is 27.3 Å². The number of hydrogen-bond acceptors (Lipinski definition) is 6. The number of pyridine rings is 1. The van der Waals surface area contributed by atoms with Crippen LogP contribution in [0, 0.1) is 11.6 Å². The number of rotatable bonds is 11. The number of H-pyrrole nitrogens is 1. The van der Waals surface area contributed by atoms with Crippen molar-refractivity contribution in [2.24, 2.45) is 0 Å². The van der Waals surface area contributed by atoms with Crippen molar-refractivity contribution in [1.29, 1.82) is 0 Å². The summed E-state index contributed by atoms with van der Waals surface area (Å²) in [6.07, 6.45) is 3.71. The van der Waals surface area contributed by atoms with E-state index in [1.165, 1.54) is 48.0 Å². The zero-order valence-corrected chi connectivity index (χ0v) is 23.7. The van der Waals surface area contributed by atoms with Crippen LogP contribution >= 0.6 is 0 Å². The summed E-state index contributed by atoms with van der Waals surface area (Å²) < 4.78 is 35.3. The second kappa shape index (κ2) is 13.7. The van der Waals surface area contributed by atoms with Crippen molar-refractivity contribution in [1.82, 2.24) is 24.3 Å². The lowest BCUT2D eigenvalue weighted by Crippen LogP contribution is -2.37. The Kier molecular flexibility index (Phi) is 10.3. The van der Waals surface area contributed by atoms with Crippen LogP contribution in [0.5, 0.6) is 0 Å². The molecule has 11 nitrogen and oxygen atoms in total. The first-order valence-corrected chi connectivity index (χ1v) is 13.0. The Hall–Kier alpha value is -4.55. The van der Waals surface area contributed by atoms with E-state index in [1.54, 1.807) is 20.2 Å². The first-order chi connectivity index (χ1) is 19.4. The Bertz CT molecular complexity index is 1510. The van der Waals surface area contributed by atoms with Gasteiger partial charge in [0, 0.05) is 46.0 Å². The molecule has 0 unspecified atom stereocenters. The molecule has 0 aliphatic heterocycles. The molecule has 0 spiro atoms. The summed E-state index contributed by atoms with van der Waals surface area (Å²) in [7, 11) is 6.13. The number of carbonyl (C=O) groups excluding carboxylic acids is 3. The fourth-order valence-corrected chi connectivity index (χ4v) is 3.95. The Morgan fingerprint density at radius 2 is 1.90 bits per heavy atom. The molecule has 3 rings (SSSR count). The van der Waals surface area contributed by atoms with Gasteiger partial charge in [-0.05, 0) is 37.5 Å². The number of nitrogens with one attached hydrogen (secondary N) is 2. The number of halogens is 2. The molecule has 0 saturated heterocycles. The van der Waals surface area contributed by atoms with Gasteiger partial charge in [0.15, 0.2) is 11.9 Å². The van der Waals surface area contributed by atoms with Gasteiger partial charge in [-0.1, -0.05) is 19.4 Å². The molecule has 0 radical (unpaired) electrons. The topological polar surface area (TPSA) is 130 Å². The van der Waals surface area contributed by atoms with E-state index in [2.05, 4.69) is 15.3 Å². The van der Waals surface area contributed by atoms with Gasteiger partial charge in [-0.2, -0.15) is 0 Å². The normalized spacial score (nSPS) is 12.0. The highest BCUT2D eigenvalue weighted by atomic mass is 19.1. The standard InChI is InChI=1S/C28H34F2N6O5/c1-6-10-17-18(29)15-19(30)25-24(17)32-22(33-25)16-36-14-9-11-20(27(36)39)31-26(38)21(41-28(40)35(4)5)12-7-8-13-23(37)34(2)3/h8-9,11,13-15,21H,6-7,10,12,16H2,1-5H3,(H,31,38)(H,32,33)/b13-8+/t21-/m0/s1. The summed E-state index contributed by atoms with van der Waals surface area (Å²) in [4.78, 5) is 59.8. The fraction of sp³-hybridized carbons (Fsp3) is 0.393. The monoisotopic (exact) mass is 572 g/mol. The third-order valence-electron chi connectivity index (χ3n) is 6.12. The summed E-state index contributed by atoms with van der Waals surface area (Å²) in [6.45, 7) is 1.77. The van der Waals surface area contributed by atoms with Crippen LogP contribution < -0.4 is 10.9 Å². The van der Waals surface area contributed by atoms with Crippen LogP contribution in [-0.4, -0.2) is 76.5 Å². The average molecular weight is 573 g/mol. The third kappa shape index (κ3) is 7.77. The lowest BCUT2D eigenvalue weighted by atomic mass is 10.1. The van der Waals surface area contributed by atoms with Crippen molar-refractivity contribution >= 4 is 34.6 Å².